The van der Waals surface area contributed by atoms with Crippen molar-refractivity contribution in [2.75, 3.05) is 5.32 Å². The summed E-state index contributed by atoms with van der Waals surface area (Å²) in [5.41, 5.74) is 1.48. The fourth-order valence-corrected chi connectivity index (χ4v) is 3.18. The van der Waals surface area contributed by atoms with Crippen LogP contribution in [0, 0.1) is 5.82 Å². The van der Waals surface area contributed by atoms with E-state index in [1.165, 1.54) is 6.07 Å². The fourth-order valence-electron chi connectivity index (χ4n) is 2.61. The summed E-state index contributed by atoms with van der Waals surface area (Å²) in [5, 5.41) is 20.7. The lowest BCUT2D eigenvalue weighted by atomic mass is 10.2. The van der Waals surface area contributed by atoms with Gasteiger partial charge in [0.2, 0.25) is 10.0 Å². The van der Waals surface area contributed by atoms with Crippen molar-refractivity contribution in [1.82, 2.24) is 24.8 Å². The molecular weight excluding hydrogens is 385 g/mol. The van der Waals surface area contributed by atoms with Crippen molar-refractivity contribution >= 4 is 21.5 Å². The Labute approximate surface area is 159 Å². The van der Waals surface area contributed by atoms with Crippen LogP contribution in [0.15, 0.2) is 59.8 Å². The highest BCUT2D eigenvalue weighted by molar-refractivity contribution is 7.89. The van der Waals surface area contributed by atoms with E-state index >= 15 is 0 Å². The first kappa shape index (κ1) is 17.9. The Bertz CT molecular complexity index is 1260. The number of pyridine rings is 1. The van der Waals surface area contributed by atoms with Gasteiger partial charge in [-0.25, -0.2) is 17.9 Å². The second-order valence-corrected chi connectivity index (χ2v) is 7.46. The molecule has 0 saturated heterocycles. The molecule has 0 aliphatic carbocycles. The minimum Gasteiger partial charge on any atom is -0.364 e. The van der Waals surface area contributed by atoms with Crippen molar-refractivity contribution in [3.05, 3.63) is 66.2 Å². The van der Waals surface area contributed by atoms with Crippen LogP contribution >= 0.6 is 0 Å². The van der Waals surface area contributed by atoms with Crippen LogP contribution in [-0.2, 0) is 16.6 Å². The van der Waals surface area contributed by atoms with Gasteiger partial charge in [0.25, 0.3) is 0 Å². The molecule has 0 aliphatic rings. The van der Waals surface area contributed by atoms with Gasteiger partial charge >= 0.3 is 0 Å². The van der Waals surface area contributed by atoms with E-state index in [-0.39, 0.29) is 17.0 Å². The third kappa shape index (κ3) is 3.52. The van der Waals surface area contributed by atoms with Gasteiger partial charge in [-0.3, -0.25) is 4.98 Å². The molecule has 9 nitrogen and oxygen atoms in total. The number of nitrogens with zero attached hydrogens (tertiary/aromatic N) is 5. The maximum atomic E-state index is 14.0. The zero-order valence-corrected chi connectivity index (χ0v) is 15.1. The van der Waals surface area contributed by atoms with Crippen molar-refractivity contribution in [2.24, 2.45) is 5.14 Å². The van der Waals surface area contributed by atoms with E-state index in [2.05, 4.69) is 25.6 Å². The third-order valence-corrected chi connectivity index (χ3v) is 4.92. The quantitative estimate of drug-likeness (QED) is 0.521. The first-order chi connectivity index (χ1) is 13.4. The molecule has 0 saturated carbocycles. The maximum Gasteiger partial charge on any atom is 0.238 e. The second-order valence-electron chi connectivity index (χ2n) is 5.90. The minimum absolute atomic E-state index is 0.0143. The molecule has 0 aliphatic heterocycles. The Morgan fingerprint density at radius 3 is 2.61 bits per heavy atom. The molecule has 0 amide bonds. The van der Waals surface area contributed by atoms with E-state index in [1.807, 2.05) is 0 Å². The van der Waals surface area contributed by atoms with Gasteiger partial charge in [-0.2, -0.15) is 4.52 Å². The van der Waals surface area contributed by atoms with E-state index < -0.39 is 15.8 Å². The zero-order valence-electron chi connectivity index (χ0n) is 14.3. The molecular formula is C17H14FN7O2S. The second kappa shape index (κ2) is 6.94. The molecule has 11 heteroatoms. The number of nitrogens with two attached hydrogens (primary N) is 1. The predicted octanol–water partition coefficient (Wildman–Crippen LogP) is 1.58. The number of nitrogens with one attached hydrogen (secondary N) is 1. The van der Waals surface area contributed by atoms with Gasteiger partial charge in [0, 0.05) is 30.1 Å². The summed E-state index contributed by atoms with van der Waals surface area (Å²) in [4.78, 5) is 3.81. The van der Waals surface area contributed by atoms with Crippen LogP contribution in [0.3, 0.4) is 0 Å². The number of sulfonamides is 1. The van der Waals surface area contributed by atoms with Gasteiger partial charge in [0.05, 0.1) is 4.90 Å². The number of hydrogen-bond donors (Lipinski definition) is 2. The molecule has 0 bridgehead atoms. The summed E-state index contributed by atoms with van der Waals surface area (Å²) in [7, 11) is -3.92. The molecule has 3 aromatic heterocycles. The normalized spacial score (nSPS) is 11.6. The number of anilines is 1. The number of benzene rings is 1. The molecule has 0 atom stereocenters. The molecule has 0 spiro atoms. The highest BCUT2D eigenvalue weighted by Gasteiger charge is 2.13. The Balaban J connectivity index is 1.63. The van der Waals surface area contributed by atoms with Gasteiger partial charge < -0.3 is 5.32 Å². The number of primary sulfonamides is 1. The number of aromatic nitrogens is 5. The monoisotopic (exact) mass is 399 g/mol. The molecule has 1 aromatic carbocycles. The summed E-state index contributed by atoms with van der Waals surface area (Å²) >= 11 is 0. The highest BCUT2D eigenvalue weighted by Crippen LogP contribution is 2.19. The molecule has 0 radical (unpaired) electrons. The molecule has 28 heavy (non-hydrogen) atoms. The smallest absolute Gasteiger partial charge is 0.238 e. The minimum atomic E-state index is -3.92. The van der Waals surface area contributed by atoms with Crippen molar-refractivity contribution in [2.45, 2.75) is 11.4 Å². The average Bonchev–Trinajstić information content (AvgIpc) is 3.10. The lowest BCUT2D eigenvalue weighted by molar-refractivity contribution is 0.594. The average molecular weight is 399 g/mol. The first-order valence-electron chi connectivity index (χ1n) is 8.10. The number of hydrogen-bond acceptors (Lipinski definition) is 7. The Morgan fingerprint density at radius 2 is 1.86 bits per heavy atom. The van der Waals surface area contributed by atoms with Crippen molar-refractivity contribution in [3.63, 3.8) is 0 Å². The predicted molar refractivity (Wildman–Crippen MR) is 99.1 cm³/mol. The van der Waals surface area contributed by atoms with Crippen LogP contribution in [0.25, 0.3) is 17.0 Å². The maximum absolute atomic E-state index is 14.0. The molecule has 4 aromatic rings. The zero-order chi connectivity index (χ0) is 19.7. The van der Waals surface area contributed by atoms with Crippen molar-refractivity contribution < 1.29 is 12.8 Å². The van der Waals surface area contributed by atoms with Gasteiger partial charge in [-0.1, -0.05) is 0 Å². The van der Waals surface area contributed by atoms with Crippen molar-refractivity contribution in [1.29, 1.82) is 0 Å². The van der Waals surface area contributed by atoms with E-state index in [4.69, 9.17) is 5.14 Å². The summed E-state index contributed by atoms with van der Waals surface area (Å²) in [5.74, 6) is 0.411. The van der Waals surface area contributed by atoms with E-state index in [9.17, 15) is 12.8 Å². The summed E-state index contributed by atoms with van der Waals surface area (Å²) in [6, 6.07) is 10.3. The van der Waals surface area contributed by atoms with Gasteiger partial charge in [0.1, 0.15) is 11.6 Å². The van der Waals surface area contributed by atoms with Gasteiger partial charge in [-0.05, 0) is 42.5 Å². The van der Waals surface area contributed by atoms with E-state index in [0.29, 0.717) is 17.3 Å². The number of fused-ring (bicyclic) bond motifs is 1. The molecule has 3 N–H and O–H groups in total. The summed E-state index contributed by atoms with van der Waals surface area (Å²) in [6.07, 6.45) is 3.28. The van der Waals surface area contributed by atoms with Crippen LogP contribution in [0.4, 0.5) is 10.2 Å². The summed E-state index contributed by atoms with van der Waals surface area (Å²) in [6.45, 7) is 0.0143. The SMILES string of the molecule is NS(=O)(=O)c1ccc(F)c(CNc2ccc3nnc(-c4ccncc4)n3n2)c1. The Hall–Kier alpha value is -3.44. The highest BCUT2D eigenvalue weighted by atomic mass is 32.2. The first-order valence-corrected chi connectivity index (χ1v) is 9.64. The fraction of sp³-hybridized carbons (Fsp3) is 0.0588. The molecule has 4 rings (SSSR count). The van der Waals surface area contributed by atoms with Crippen LogP contribution in [0.1, 0.15) is 5.56 Å². The number of rotatable bonds is 5. The lowest BCUT2D eigenvalue weighted by Gasteiger charge is -2.09. The molecule has 0 unspecified atom stereocenters. The van der Waals surface area contributed by atoms with Crippen molar-refractivity contribution in [3.8, 4) is 11.4 Å². The standard InChI is InChI=1S/C17H14FN7O2S/c18-14-2-1-13(28(19,26)27)9-12(14)10-21-15-3-4-16-22-23-17(25(16)24-15)11-5-7-20-8-6-11/h1-9H,10H2,(H,21,24)(H2,19,26,27). The molecule has 0 fully saturated rings. The third-order valence-electron chi connectivity index (χ3n) is 4.01. The Morgan fingerprint density at radius 1 is 1.07 bits per heavy atom. The van der Waals surface area contributed by atoms with Gasteiger partial charge in [-0.15, -0.1) is 15.3 Å². The van der Waals surface area contributed by atoms with Gasteiger partial charge in [0.15, 0.2) is 11.5 Å². The summed E-state index contributed by atoms with van der Waals surface area (Å²) < 4.78 is 38.5. The number of halogens is 1. The largest absolute Gasteiger partial charge is 0.364 e. The van der Waals surface area contributed by atoms with Crippen LogP contribution in [-0.4, -0.2) is 33.2 Å². The Kier molecular flexibility index (Phi) is 4.45. The van der Waals surface area contributed by atoms with Crippen LogP contribution < -0.4 is 10.5 Å². The van der Waals surface area contributed by atoms with E-state index in [1.54, 1.807) is 41.2 Å². The van der Waals surface area contributed by atoms with Crippen LogP contribution in [0.2, 0.25) is 0 Å². The molecule has 142 valence electrons. The van der Waals surface area contributed by atoms with Crippen LogP contribution in [0.5, 0.6) is 0 Å². The van der Waals surface area contributed by atoms with E-state index in [0.717, 1.165) is 17.7 Å². The molecule has 3 heterocycles. The lowest BCUT2D eigenvalue weighted by Crippen LogP contribution is -2.13. The topological polar surface area (TPSA) is 128 Å².